The largest absolute Gasteiger partial charge is 0.352 e. The highest BCUT2D eigenvalue weighted by atomic mass is 16.5. The van der Waals surface area contributed by atoms with Gasteiger partial charge in [0, 0.05) is 36.1 Å². The Morgan fingerprint density at radius 3 is 2.56 bits per heavy atom. The Kier molecular flexibility index (Phi) is 6.49. The summed E-state index contributed by atoms with van der Waals surface area (Å²) in [5, 5.41) is 7.21. The summed E-state index contributed by atoms with van der Waals surface area (Å²) < 4.78 is 7.41. The molecular formula is C26H28N6O2. The zero-order valence-corrected chi connectivity index (χ0v) is 19.2. The van der Waals surface area contributed by atoms with Crippen LogP contribution in [-0.2, 0) is 17.9 Å². The zero-order valence-electron chi connectivity index (χ0n) is 19.2. The van der Waals surface area contributed by atoms with Gasteiger partial charge in [-0.1, -0.05) is 47.1 Å². The molecule has 1 fully saturated rings. The van der Waals surface area contributed by atoms with Crippen LogP contribution in [0.1, 0.15) is 29.9 Å². The quantitative estimate of drug-likeness (QED) is 0.456. The van der Waals surface area contributed by atoms with Gasteiger partial charge in [0.15, 0.2) is 0 Å². The fraction of sp³-hybridized carbons (Fsp3) is 0.308. The number of hydrogen-bond donors (Lipinski definition) is 1. The second-order valence-electron chi connectivity index (χ2n) is 8.78. The number of carbonyl (C=O) groups is 1. The standard InChI is InChI=1S/C26H28N6O2/c1-19-2-6-21(7-3-19)25-29-24(34-30-25)17-31-13-10-22(11-14-31)26(33)28-16-20-4-8-23(9-5-20)32-15-12-27-18-32/h2-9,12,15,18,22H,10-11,13-14,16-17H2,1H3,(H,28,33). The van der Waals surface area contributed by atoms with Crippen molar-refractivity contribution < 1.29 is 9.32 Å². The molecule has 1 aliphatic heterocycles. The minimum Gasteiger partial charge on any atom is -0.352 e. The topological polar surface area (TPSA) is 89.1 Å². The van der Waals surface area contributed by atoms with Crippen molar-refractivity contribution in [2.24, 2.45) is 5.92 Å². The minimum absolute atomic E-state index is 0.0345. The summed E-state index contributed by atoms with van der Waals surface area (Å²) in [6, 6.07) is 16.2. The normalized spacial score (nSPS) is 14.9. The Hall–Kier alpha value is -3.78. The number of nitrogens with one attached hydrogen (secondary N) is 1. The van der Waals surface area contributed by atoms with E-state index in [0.29, 0.717) is 24.8 Å². The van der Waals surface area contributed by atoms with Crippen LogP contribution in [0.5, 0.6) is 0 Å². The molecule has 0 bridgehead atoms. The summed E-state index contributed by atoms with van der Waals surface area (Å²) in [5.74, 6) is 1.38. The molecule has 1 aliphatic rings. The van der Waals surface area contributed by atoms with Crippen molar-refractivity contribution in [1.82, 2.24) is 29.9 Å². The van der Waals surface area contributed by atoms with Crippen LogP contribution in [0.2, 0.25) is 0 Å². The van der Waals surface area contributed by atoms with Gasteiger partial charge < -0.3 is 14.4 Å². The maximum absolute atomic E-state index is 12.7. The molecule has 0 radical (unpaired) electrons. The number of imidazole rings is 1. The van der Waals surface area contributed by atoms with E-state index >= 15 is 0 Å². The molecule has 2 aromatic carbocycles. The Morgan fingerprint density at radius 2 is 1.85 bits per heavy atom. The number of likely N-dealkylation sites (tertiary alicyclic amines) is 1. The van der Waals surface area contributed by atoms with Gasteiger partial charge in [0.05, 0.1) is 12.9 Å². The number of benzene rings is 2. The minimum atomic E-state index is 0.0345. The molecule has 0 atom stereocenters. The van der Waals surface area contributed by atoms with Gasteiger partial charge in [-0.05, 0) is 50.6 Å². The number of aryl methyl sites for hydroxylation is 1. The van der Waals surface area contributed by atoms with Gasteiger partial charge in [-0.25, -0.2) is 4.98 Å². The third-order valence-corrected chi connectivity index (χ3v) is 6.30. The molecule has 8 heteroatoms. The van der Waals surface area contributed by atoms with Gasteiger partial charge in [0.2, 0.25) is 17.6 Å². The predicted molar refractivity (Wildman–Crippen MR) is 128 cm³/mol. The molecule has 2 aromatic heterocycles. The SMILES string of the molecule is Cc1ccc(-c2noc(CN3CCC(C(=O)NCc4ccc(-n5ccnc5)cc4)CC3)n2)cc1. The molecule has 0 unspecified atom stereocenters. The van der Waals surface area contributed by atoms with Crippen LogP contribution in [0.4, 0.5) is 0 Å². The fourth-order valence-electron chi connectivity index (χ4n) is 4.21. The molecule has 8 nitrogen and oxygen atoms in total. The number of rotatable bonds is 7. The average molecular weight is 457 g/mol. The molecular weight excluding hydrogens is 428 g/mol. The summed E-state index contributed by atoms with van der Waals surface area (Å²) in [5.41, 5.74) is 4.28. The molecule has 1 saturated heterocycles. The van der Waals surface area contributed by atoms with Gasteiger partial charge in [0.25, 0.3) is 0 Å². The van der Waals surface area contributed by atoms with Crippen molar-refractivity contribution in [2.45, 2.75) is 32.9 Å². The monoisotopic (exact) mass is 456 g/mol. The van der Waals surface area contributed by atoms with Crippen molar-refractivity contribution in [2.75, 3.05) is 13.1 Å². The summed E-state index contributed by atoms with van der Waals surface area (Å²) in [6.07, 6.45) is 7.08. The molecule has 174 valence electrons. The second kappa shape index (κ2) is 10.0. The van der Waals surface area contributed by atoms with Gasteiger partial charge >= 0.3 is 0 Å². The summed E-state index contributed by atoms with van der Waals surface area (Å²) in [4.78, 5) is 23.6. The van der Waals surface area contributed by atoms with Crippen LogP contribution in [0, 0.1) is 12.8 Å². The van der Waals surface area contributed by atoms with Gasteiger partial charge in [0.1, 0.15) is 0 Å². The van der Waals surface area contributed by atoms with Crippen LogP contribution in [0.25, 0.3) is 17.1 Å². The van der Waals surface area contributed by atoms with E-state index in [4.69, 9.17) is 4.52 Å². The van der Waals surface area contributed by atoms with Crippen molar-refractivity contribution >= 4 is 5.91 Å². The lowest BCUT2D eigenvalue weighted by Crippen LogP contribution is -2.40. The van der Waals surface area contributed by atoms with E-state index in [9.17, 15) is 4.79 Å². The molecule has 3 heterocycles. The number of amides is 1. The van der Waals surface area contributed by atoms with E-state index in [0.717, 1.165) is 42.7 Å². The van der Waals surface area contributed by atoms with Crippen LogP contribution < -0.4 is 5.32 Å². The summed E-state index contributed by atoms with van der Waals surface area (Å²) in [6.45, 7) is 4.86. The smallest absolute Gasteiger partial charge is 0.241 e. The second-order valence-corrected chi connectivity index (χ2v) is 8.78. The van der Waals surface area contributed by atoms with Gasteiger partial charge in [-0.15, -0.1) is 0 Å². The molecule has 4 aromatic rings. The third kappa shape index (κ3) is 5.23. The highest BCUT2D eigenvalue weighted by Gasteiger charge is 2.26. The van der Waals surface area contributed by atoms with Crippen molar-refractivity contribution in [3.8, 4) is 17.1 Å². The predicted octanol–water partition coefficient (Wildman–Crippen LogP) is 3.76. The van der Waals surface area contributed by atoms with Crippen LogP contribution >= 0.6 is 0 Å². The van der Waals surface area contributed by atoms with Crippen LogP contribution in [-0.4, -0.2) is 43.6 Å². The number of aromatic nitrogens is 4. The van der Waals surface area contributed by atoms with Gasteiger partial charge in [-0.2, -0.15) is 4.98 Å². The van der Waals surface area contributed by atoms with E-state index in [1.165, 1.54) is 5.56 Å². The Morgan fingerprint density at radius 1 is 1.09 bits per heavy atom. The highest BCUT2D eigenvalue weighted by molar-refractivity contribution is 5.78. The lowest BCUT2D eigenvalue weighted by atomic mass is 9.96. The van der Waals surface area contributed by atoms with Crippen molar-refractivity contribution in [3.63, 3.8) is 0 Å². The molecule has 0 saturated carbocycles. The number of nitrogens with zero attached hydrogens (tertiary/aromatic N) is 5. The fourth-order valence-corrected chi connectivity index (χ4v) is 4.21. The van der Waals surface area contributed by atoms with E-state index in [1.807, 2.05) is 59.3 Å². The lowest BCUT2D eigenvalue weighted by molar-refractivity contribution is -0.126. The van der Waals surface area contributed by atoms with E-state index in [-0.39, 0.29) is 11.8 Å². The van der Waals surface area contributed by atoms with E-state index in [2.05, 4.69) is 32.3 Å². The Labute approximate surface area is 198 Å². The molecule has 34 heavy (non-hydrogen) atoms. The van der Waals surface area contributed by atoms with Gasteiger partial charge in [-0.3, -0.25) is 9.69 Å². The molecule has 1 amide bonds. The number of carbonyl (C=O) groups excluding carboxylic acids is 1. The molecule has 0 aliphatic carbocycles. The highest BCUT2D eigenvalue weighted by Crippen LogP contribution is 2.21. The average Bonchev–Trinajstić information content (AvgIpc) is 3.57. The van der Waals surface area contributed by atoms with E-state index in [1.54, 1.807) is 12.5 Å². The van der Waals surface area contributed by atoms with Crippen LogP contribution in [0.15, 0.2) is 71.8 Å². The first kappa shape index (κ1) is 22.0. The summed E-state index contributed by atoms with van der Waals surface area (Å²) in [7, 11) is 0. The zero-order chi connectivity index (χ0) is 23.3. The first-order chi connectivity index (χ1) is 16.6. The molecule has 0 spiro atoms. The Bertz CT molecular complexity index is 1210. The maximum Gasteiger partial charge on any atom is 0.241 e. The summed E-state index contributed by atoms with van der Waals surface area (Å²) >= 11 is 0. The third-order valence-electron chi connectivity index (χ3n) is 6.30. The first-order valence-corrected chi connectivity index (χ1v) is 11.6. The molecule has 5 rings (SSSR count). The number of hydrogen-bond acceptors (Lipinski definition) is 6. The maximum atomic E-state index is 12.7. The van der Waals surface area contributed by atoms with E-state index < -0.39 is 0 Å². The van der Waals surface area contributed by atoms with Crippen molar-refractivity contribution in [3.05, 3.63) is 84.3 Å². The molecule has 1 N–H and O–H groups in total. The first-order valence-electron chi connectivity index (χ1n) is 11.6. The van der Waals surface area contributed by atoms with Crippen molar-refractivity contribution in [1.29, 1.82) is 0 Å². The lowest BCUT2D eigenvalue weighted by Gasteiger charge is -2.30. The van der Waals surface area contributed by atoms with Crippen LogP contribution in [0.3, 0.4) is 0 Å². The number of piperidine rings is 1. The Balaban J connectivity index is 1.07.